The van der Waals surface area contributed by atoms with E-state index in [2.05, 4.69) is 15.1 Å². The molecule has 2 aromatic carbocycles. The maximum absolute atomic E-state index is 12.7. The molecule has 0 spiro atoms. The Kier molecular flexibility index (Phi) is 3.87. The summed E-state index contributed by atoms with van der Waals surface area (Å²) in [4.78, 5) is 21.0. The number of benzene rings is 2. The van der Waals surface area contributed by atoms with E-state index in [0.29, 0.717) is 11.3 Å². The first kappa shape index (κ1) is 13.9. The third-order valence-corrected chi connectivity index (χ3v) is 3.14. The fraction of sp³-hybridized carbons (Fsp3) is 0.0588. The van der Waals surface area contributed by atoms with Crippen LogP contribution in [0.5, 0.6) is 0 Å². The van der Waals surface area contributed by atoms with Crippen molar-refractivity contribution < 1.29 is 4.79 Å². The number of ketones is 1. The zero-order valence-corrected chi connectivity index (χ0v) is 12.0. The van der Waals surface area contributed by atoms with Gasteiger partial charge in [0.2, 0.25) is 11.6 Å². The van der Waals surface area contributed by atoms with Gasteiger partial charge in [0.25, 0.3) is 0 Å². The minimum atomic E-state index is -0.202. The van der Waals surface area contributed by atoms with Gasteiger partial charge >= 0.3 is 0 Å². The molecule has 1 heterocycles. The highest BCUT2D eigenvalue weighted by Crippen LogP contribution is 2.14. The third-order valence-electron chi connectivity index (χ3n) is 3.14. The zero-order valence-electron chi connectivity index (χ0n) is 12.0. The van der Waals surface area contributed by atoms with E-state index in [0.717, 1.165) is 5.56 Å². The number of nitrogens with zero attached hydrogens (tertiary/aromatic N) is 4. The van der Waals surface area contributed by atoms with Gasteiger partial charge in [-0.15, -0.1) is 0 Å². The molecule has 0 saturated heterocycles. The summed E-state index contributed by atoms with van der Waals surface area (Å²) in [6.07, 6.45) is 2.84. The summed E-state index contributed by atoms with van der Waals surface area (Å²) in [6.45, 7) is 2.00. The molecule has 0 atom stereocenters. The molecule has 22 heavy (non-hydrogen) atoms. The summed E-state index contributed by atoms with van der Waals surface area (Å²) in [6, 6.07) is 16.6. The Labute approximate surface area is 128 Å². The maximum Gasteiger partial charge on any atom is 0.230 e. The fourth-order valence-corrected chi connectivity index (χ4v) is 1.98. The highest BCUT2D eigenvalue weighted by molar-refractivity contribution is 6.45. The molecule has 3 rings (SSSR count). The number of carbonyl (C=O) groups is 1. The average Bonchev–Trinajstić information content (AvgIpc) is 3.09. The van der Waals surface area contributed by atoms with Gasteiger partial charge < -0.3 is 0 Å². The van der Waals surface area contributed by atoms with Crippen LogP contribution in [0.2, 0.25) is 0 Å². The molecular weight excluding hydrogens is 276 g/mol. The van der Waals surface area contributed by atoms with Crippen molar-refractivity contribution in [2.45, 2.75) is 6.92 Å². The van der Waals surface area contributed by atoms with Crippen LogP contribution in [0.3, 0.4) is 0 Å². The summed E-state index contributed by atoms with van der Waals surface area (Å²) in [5.74, 6) is 0.0132. The van der Waals surface area contributed by atoms with Crippen molar-refractivity contribution in [1.82, 2.24) is 14.8 Å². The first-order valence-electron chi connectivity index (χ1n) is 6.84. The van der Waals surface area contributed by atoms with Crippen molar-refractivity contribution in [1.29, 1.82) is 0 Å². The van der Waals surface area contributed by atoms with Crippen molar-refractivity contribution in [3.63, 3.8) is 0 Å². The summed E-state index contributed by atoms with van der Waals surface area (Å²) >= 11 is 0. The van der Waals surface area contributed by atoms with Crippen molar-refractivity contribution in [2.24, 2.45) is 4.99 Å². The molecule has 0 aliphatic heterocycles. The molecule has 108 valence electrons. The predicted molar refractivity (Wildman–Crippen MR) is 84.5 cm³/mol. The molecule has 0 aliphatic carbocycles. The molecule has 5 nitrogen and oxygen atoms in total. The van der Waals surface area contributed by atoms with E-state index in [1.165, 1.54) is 17.3 Å². The Bertz CT molecular complexity index is 790. The molecule has 0 radical (unpaired) electrons. The van der Waals surface area contributed by atoms with E-state index in [1.54, 1.807) is 12.1 Å². The average molecular weight is 290 g/mol. The Morgan fingerprint density at radius 2 is 1.77 bits per heavy atom. The van der Waals surface area contributed by atoms with E-state index < -0.39 is 0 Å². The second kappa shape index (κ2) is 6.13. The van der Waals surface area contributed by atoms with Gasteiger partial charge in [0.1, 0.15) is 12.7 Å². The molecule has 5 heteroatoms. The van der Waals surface area contributed by atoms with Crippen LogP contribution in [0, 0.1) is 6.92 Å². The smallest absolute Gasteiger partial charge is 0.230 e. The number of aliphatic imine (C=N–C) groups is 1. The van der Waals surface area contributed by atoms with Gasteiger partial charge in [0, 0.05) is 5.56 Å². The molecule has 0 bridgehead atoms. The lowest BCUT2D eigenvalue weighted by Gasteiger charge is -2.06. The van der Waals surface area contributed by atoms with Crippen LogP contribution in [0.15, 0.2) is 72.2 Å². The quantitative estimate of drug-likeness (QED) is 0.423. The highest BCUT2D eigenvalue weighted by atomic mass is 16.1. The maximum atomic E-state index is 12.7. The standard InChI is InChI=1S/C17H14N4O/c1-13-7-9-15(10-8-13)20-17(21-12-18-11-19-21)16(22)14-5-3-2-4-6-14/h2-12H,1H3. The number of Topliss-reactive ketones (excluding diaryl/α,β-unsaturated/α-hetero) is 1. The van der Waals surface area contributed by atoms with Crippen LogP contribution in [0.4, 0.5) is 5.69 Å². The van der Waals surface area contributed by atoms with Crippen LogP contribution in [0.25, 0.3) is 0 Å². The normalized spacial score (nSPS) is 11.4. The van der Waals surface area contributed by atoms with Gasteiger partial charge in [-0.2, -0.15) is 9.78 Å². The molecule has 0 N–H and O–H groups in total. The van der Waals surface area contributed by atoms with Crippen LogP contribution >= 0.6 is 0 Å². The second-order valence-corrected chi connectivity index (χ2v) is 4.81. The Balaban J connectivity index is 2.05. The van der Waals surface area contributed by atoms with E-state index in [4.69, 9.17) is 0 Å². The van der Waals surface area contributed by atoms with Crippen molar-refractivity contribution in [3.8, 4) is 0 Å². The number of hydrogen-bond donors (Lipinski definition) is 0. The molecule has 0 unspecified atom stereocenters. The van der Waals surface area contributed by atoms with Crippen molar-refractivity contribution in [2.75, 3.05) is 0 Å². The monoisotopic (exact) mass is 290 g/mol. The topological polar surface area (TPSA) is 60.1 Å². The van der Waals surface area contributed by atoms with Gasteiger partial charge in [-0.05, 0) is 19.1 Å². The van der Waals surface area contributed by atoms with Crippen LogP contribution in [-0.2, 0) is 0 Å². The summed E-state index contributed by atoms with van der Waals surface area (Å²) in [5, 5.41) is 4.03. The number of carbonyl (C=O) groups excluding carboxylic acids is 1. The van der Waals surface area contributed by atoms with Gasteiger partial charge in [-0.1, -0.05) is 48.0 Å². The van der Waals surface area contributed by atoms with Gasteiger partial charge in [0.05, 0.1) is 5.69 Å². The van der Waals surface area contributed by atoms with Gasteiger partial charge in [-0.3, -0.25) is 4.79 Å². The van der Waals surface area contributed by atoms with Crippen LogP contribution in [-0.4, -0.2) is 26.4 Å². The largest absolute Gasteiger partial charge is 0.285 e. The van der Waals surface area contributed by atoms with E-state index in [-0.39, 0.29) is 11.6 Å². The van der Waals surface area contributed by atoms with Gasteiger partial charge in [-0.25, -0.2) is 9.98 Å². The van der Waals surface area contributed by atoms with Crippen molar-refractivity contribution in [3.05, 3.63) is 78.4 Å². The lowest BCUT2D eigenvalue weighted by Crippen LogP contribution is -2.23. The minimum absolute atomic E-state index is 0.202. The molecule has 0 amide bonds. The fourth-order valence-electron chi connectivity index (χ4n) is 1.98. The van der Waals surface area contributed by atoms with E-state index >= 15 is 0 Å². The lowest BCUT2D eigenvalue weighted by molar-refractivity contribution is 0.106. The third kappa shape index (κ3) is 2.98. The van der Waals surface area contributed by atoms with Crippen LogP contribution in [0.1, 0.15) is 15.9 Å². The highest BCUT2D eigenvalue weighted by Gasteiger charge is 2.16. The predicted octanol–water partition coefficient (Wildman–Crippen LogP) is 3.05. The van der Waals surface area contributed by atoms with Gasteiger partial charge in [0.15, 0.2) is 0 Å². The zero-order chi connectivity index (χ0) is 15.4. The number of hydrogen-bond acceptors (Lipinski definition) is 4. The second-order valence-electron chi connectivity index (χ2n) is 4.81. The SMILES string of the molecule is Cc1ccc(N=C(C(=O)c2ccccc2)n2cncn2)cc1. The Morgan fingerprint density at radius 1 is 1.05 bits per heavy atom. The first-order chi connectivity index (χ1) is 10.7. The molecular formula is C17H14N4O. The minimum Gasteiger partial charge on any atom is -0.285 e. The summed E-state index contributed by atoms with van der Waals surface area (Å²) in [7, 11) is 0. The molecule has 1 aromatic heterocycles. The molecule has 3 aromatic rings. The van der Waals surface area contributed by atoms with E-state index in [1.807, 2.05) is 49.4 Å². The lowest BCUT2D eigenvalue weighted by atomic mass is 10.1. The van der Waals surface area contributed by atoms with Crippen LogP contribution < -0.4 is 0 Å². The van der Waals surface area contributed by atoms with E-state index in [9.17, 15) is 4.79 Å². The molecule has 0 aliphatic rings. The number of aryl methyl sites for hydroxylation is 1. The Morgan fingerprint density at radius 3 is 2.41 bits per heavy atom. The molecule has 0 fully saturated rings. The van der Waals surface area contributed by atoms with Crippen molar-refractivity contribution >= 4 is 17.3 Å². The number of aromatic nitrogens is 3. The Hall–Kier alpha value is -3.08. The first-order valence-corrected chi connectivity index (χ1v) is 6.84. The summed E-state index contributed by atoms with van der Waals surface area (Å²) in [5.41, 5.74) is 2.39. The molecule has 0 saturated carbocycles. The number of rotatable bonds is 3. The summed E-state index contributed by atoms with van der Waals surface area (Å²) < 4.78 is 1.38.